The highest BCUT2D eigenvalue weighted by molar-refractivity contribution is 7.89. The molecular weight excluding hydrogens is 352 g/mol. The Morgan fingerprint density at radius 1 is 1.04 bits per heavy atom. The van der Waals surface area contributed by atoms with E-state index in [2.05, 4.69) is 10.3 Å². The van der Waals surface area contributed by atoms with Crippen molar-refractivity contribution < 1.29 is 17.9 Å². The highest BCUT2D eigenvalue weighted by Crippen LogP contribution is 2.22. The summed E-state index contributed by atoms with van der Waals surface area (Å²) in [5, 5.41) is 0. The van der Waals surface area contributed by atoms with Gasteiger partial charge in [-0.25, -0.2) is 8.42 Å². The molecule has 2 N–H and O–H groups in total. The van der Waals surface area contributed by atoms with Crippen molar-refractivity contribution in [3.05, 3.63) is 59.2 Å². The van der Waals surface area contributed by atoms with Crippen LogP contribution in [0, 0.1) is 0 Å². The quantitative estimate of drug-likeness (QED) is 0.761. The van der Waals surface area contributed by atoms with Crippen LogP contribution in [0.2, 0.25) is 0 Å². The van der Waals surface area contributed by atoms with E-state index in [0.717, 1.165) is 19.3 Å². The lowest BCUT2D eigenvalue weighted by atomic mass is 9.90. The molecule has 0 unspecified atom stereocenters. The van der Waals surface area contributed by atoms with Crippen molar-refractivity contribution in [2.75, 3.05) is 6.61 Å². The third kappa shape index (κ3) is 4.23. The number of benzene rings is 2. The van der Waals surface area contributed by atoms with Gasteiger partial charge in [0.05, 0.1) is 11.5 Å². The lowest BCUT2D eigenvalue weighted by molar-refractivity contribution is 0.0945. The molecule has 0 saturated heterocycles. The topological polar surface area (TPSA) is 84.5 Å². The maximum Gasteiger partial charge on any atom is 0.266 e. The van der Waals surface area contributed by atoms with Gasteiger partial charge < -0.3 is 4.74 Å². The van der Waals surface area contributed by atoms with Crippen molar-refractivity contribution >= 4 is 15.9 Å². The first-order valence-electron chi connectivity index (χ1n) is 8.66. The van der Waals surface area contributed by atoms with Crippen molar-refractivity contribution in [2.24, 2.45) is 0 Å². The molecular formula is C19H22N2O4S. The third-order valence-corrected chi connectivity index (χ3v) is 5.62. The number of nitrogens with one attached hydrogen (secondary N) is 2. The Kier molecular flexibility index (Phi) is 5.58. The van der Waals surface area contributed by atoms with Gasteiger partial charge in [0.1, 0.15) is 5.75 Å². The van der Waals surface area contributed by atoms with Crippen molar-refractivity contribution in [1.82, 2.24) is 10.3 Å². The fourth-order valence-corrected chi connectivity index (χ4v) is 3.84. The zero-order chi connectivity index (χ0) is 18.6. The molecule has 26 heavy (non-hydrogen) atoms. The summed E-state index contributed by atoms with van der Waals surface area (Å²) in [5.41, 5.74) is 5.15. The van der Waals surface area contributed by atoms with E-state index >= 15 is 0 Å². The minimum Gasteiger partial charge on any atom is -0.494 e. The van der Waals surface area contributed by atoms with Gasteiger partial charge in [-0.3, -0.25) is 10.2 Å². The number of aryl methyl sites for hydroxylation is 2. The molecule has 0 atom stereocenters. The van der Waals surface area contributed by atoms with Crippen LogP contribution in [0.25, 0.3) is 0 Å². The van der Waals surface area contributed by atoms with Crippen LogP contribution in [0.4, 0.5) is 0 Å². The Morgan fingerprint density at radius 2 is 1.73 bits per heavy atom. The van der Waals surface area contributed by atoms with E-state index in [1.807, 2.05) is 19.1 Å². The molecule has 0 fully saturated rings. The standard InChI is InChI=1S/C19H22N2O4S/c1-2-25-17-9-11-18(12-10-17)26(23,24)21-20-19(22)16-8-7-14-5-3-4-6-15(14)13-16/h7-13,21H,2-6H2,1H3,(H,20,22). The smallest absolute Gasteiger partial charge is 0.266 e. The molecule has 0 heterocycles. The van der Waals surface area contributed by atoms with Crippen LogP contribution in [0.3, 0.4) is 0 Å². The second-order valence-corrected chi connectivity index (χ2v) is 7.84. The molecule has 2 aromatic rings. The number of hydrogen-bond donors (Lipinski definition) is 2. The second kappa shape index (κ2) is 7.88. The highest BCUT2D eigenvalue weighted by Gasteiger charge is 2.17. The van der Waals surface area contributed by atoms with E-state index in [1.54, 1.807) is 18.2 Å². The largest absolute Gasteiger partial charge is 0.494 e. The van der Waals surface area contributed by atoms with Crippen LogP contribution < -0.4 is 15.0 Å². The van der Waals surface area contributed by atoms with Crippen molar-refractivity contribution in [2.45, 2.75) is 37.5 Å². The van der Waals surface area contributed by atoms with Crippen molar-refractivity contribution in [1.29, 1.82) is 0 Å². The predicted octanol–water partition coefficient (Wildman–Crippen LogP) is 2.59. The number of ether oxygens (including phenoxy) is 1. The van der Waals surface area contributed by atoms with Gasteiger partial charge in [-0.05, 0) is 80.1 Å². The van der Waals surface area contributed by atoms with Gasteiger partial charge in [0, 0.05) is 5.56 Å². The molecule has 138 valence electrons. The lowest BCUT2D eigenvalue weighted by Crippen LogP contribution is -2.41. The first kappa shape index (κ1) is 18.4. The van der Waals surface area contributed by atoms with Crippen molar-refractivity contribution in [3.8, 4) is 5.75 Å². The summed E-state index contributed by atoms with van der Waals surface area (Å²) in [4.78, 5) is 14.5. The fraction of sp³-hybridized carbons (Fsp3) is 0.316. The molecule has 0 radical (unpaired) electrons. The number of hydrogen-bond acceptors (Lipinski definition) is 4. The van der Waals surface area contributed by atoms with Gasteiger partial charge in [0.2, 0.25) is 0 Å². The third-order valence-electron chi connectivity index (χ3n) is 4.35. The maximum absolute atomic E-state index is 12.3. The van der Waals surface area contributed by atoms with E-state index in [0.29, 0.717) is 17.9 Å². The first-order chi connectivity index (χ1) is 12.5. The Morgan fingerprint density at radius 3 is 2.42 bits per heavy atom. The number of sulfonamides is 1. The first-order valence-corrected chi connectivity index (χ1v) is 10.1. The number of fused-ring (bicyclic) bond motifs is 1. The van der Waals surface area contributed by atoms with Gasteiger partial charge in [0.25, 0.3) is 15.9 Å². The zero-order valence-corrected chi connectivity index (χ0v) is 15.4. The Labute approximate surface area is 153 Å². The van der Waals surface area contributed by atoms with Crippen molar-refractivity contribution in [3.63, 3.8) is 0 Å². The molecule has 0 saturated carbocycles. The van der Waals surface area contributed by atoms with E-state index in [1.165, 1.54) is 29.7 Å². The molecule has 0 aromatic heterocycles. The van der Waals surface area contributed by atoms with E-state index in [4.69, 9.17) is 4.74 Å². The van der Waals surface area contributed by atoms with Gasteiger partial charge in [0.15, 0.2) is 0 Å². The highest BCUT2D eigenvalue weighted by atomic mass is 32.2. The SMILES string of the molecule is CCOc1ccc(S(=O)(=O)NNC(=O)c2ccc3c(c2)CCCC3)cc1. The zero-order valence-electron chi connectivity index (χ0n) is 14.6. The van der Waals surface area contributed by atoms with Crippen LogP contribution in [0.15, 0.2) is 47.4 Å². The lowest BCUT2D eigenvalue weighted by Gasteiger charge is -2.16. The Hall–Kier alpha value is -2.38. The summed E-state index contributed by atoms with van der Waals surface area (Å²) in [5.74, 6) is 0.109. The average molecular weight is 374 g/mol. The monoisotopic (exact) mass is 374 g/mol. The van der Waals surface area contributed by atoms with Crippen LogP contribution in [-0.4, -0.2) is 20.9 Å². The predicted molar refractivity (Wildman–Crippen MR) is 98.5 cm³/mol. The second-order valence-electron chi connectivity index (χ2n) is 6.15. The molecule has 0 spiro atoms. The van der Waals surface area contributed by atoms with Crippen LogP contribution in [-0.2, 0) is 22.9 Å². The number of hydrazine groups is 1. The van der Waals surface area contributed by atoms with Gasteiger partial charge in [-0.15, -0.1) is 4.83 Å². The molecule has 0 bridgehead atoms. The summed E-state index contributed by atoms with van der Waals surface area (Å²) in [6.45, 7) is 2.35. The van der Waals surface area contributed by atoms with Crippen LogP contribution in [0.5, 0.6) is 5.75 Å². The molecule has 1 aliphatic carbocycles. The average Bonchev–Trinajstić information content (AvgIpc) is 2.66. The number of amides is 1. The van der Waals surface area contributed by atoms with Gasteiger partial charge in [-0.1, -0.05) is 6.07 Å². The van der Waals surface area contributed by atoms with E-state index in [9.17, 15) is 13.2 Å². The maximum atomic E-state index is 12.3. The number of carbonyl (C=O) groups is 1. The fourth-order valence-electron chi connectivity index (χ4n) is 3.00. The summed E-state index contributed by atoms with van der Waals surface area (Å²) >= 11 is 0. The molecule has 0 aliphatic heterocycles. The molecule has 1 amide bonds. The summed E-state index contributed by atoms with van der Waals surface area (Å²) in [6, 6.07) is 11.5. The normalized spacial score (nSPS) is 13.7. The minimum atomic E-state index is -3.85. The van der Waals surface area contributed by atoms with Crippen LogP contribution >= 0.6 is 0 Å². The molecule has 6 nitrogen and oxygen atoms in total. The van der Waals surface area contributed by atoms with Crippen LogP contribution in [0.1, 0.15) is 41.3 Å². The van der Waals surface area contributed by atoms with E-state index in [-0.39, 0.29) is 4.90 Å². The molecule has 1 aliphatic rings. The van der Waals surface area contributed by atoms with Gasteiger partial charge >= 0.3 is 0 Å². The molecule has 7 heteroatoms. The summed E-state index contributed by atoms with van der Waals surface area (Å²) < 4.78 is 29.9. The van der Waals surface area contributed by atoms with E-state index < -0.39 is 15.9 Å². The number of rotatable bonds is 6. The number of carbonyl (C=O) groups excluding carboxylic acids is 1. The van der Waals surface area contributed by atoms with Gasteiger partial charge in [-0.2, -0.15) is 0 Å². The summed E-state index contributed by atoms with van der Waals surface area (Å²) in [7, 11) is -3.85. The summed E-state index contributed by atoms with van der Waals surface area (Å²) in [6.07, 6.45) is 4.26. The molecule has 3 rings (SSSR count). The Balaban J connectivity index is 1.66. The minimum absolute atomic E-state index is 0.0479. The Bertz CT molecular complexity index is 892. The molecule has 2 aromatic carbocycles.